The van der Waals surface area contributed by atoms with Gasteiger partial charge in [-0.2, -0.15) is 0 Å². The van der Waals surface area contributed by atoms with E-state index in [-0.39, 0.29) is 5.91 Å². The molecule has 1 aliphatic rings. The van der Waals surface area contributed by atoms with Crippen LogP contribution in [-0.4, -0.2) is 24.0 Å². The molecule has 4 heteroatoms. The molecule has 4 nitrogen and oxygen atoms in total. The number of amides is 1. The number of hydrogen-bond donors (Lipinski definition) is 2. The summed E-state index contributed by atoms with van der Waals surface area (Å²) in [5.74, 6) is 0.777. The number of nitrogens with zero attached hydrogens (tertiary/aromatic N) is 1. The third-order valence-corrected chi connectivity index (χ3v) is 3.62. The van der Waals surface area contributed by atoms with Crippen LogP contribution in [0.4, 0.5) is 5.82 Å². The lowest BCUT2D eigenvalue weighted by atomic mass is 9.70. The van der Waals surface area contributed by atoms with Crippen molar-refractivity contribution in [2.45, 2.75) is 33.1 Å². The van der Waals surface area contributed by atoms with E-state index in [1.54, 1.807) is 6.20 Å². The van der Waals surface area contributed by atoms with E-state index in [9.17, 15) is 4.79 Å². The van der Waals surface area contributed by atoms with Crippen LogP contribution in [0, 0.1) is 5.41 Å². The molecule has 0 spiro atoms. The van der Waals surface area contributed by atoms with E-state index in [1.165, 1.54) is 19.3 Å². The van der Waals surface area contributed by atoms with Gasteiger partial charge < -0.3 is 10.6 Å². The molecular weight excluding hydrogens is 226 g/mol. The van der Waals surface area contributed by atoms with Gasteiger partial charge in [-0.05, 0) is 37.3 Å². The largest absolute Gasteiger partial charge is 0.370 e. The Balaban J connectivity index is 1.88. The molecule has 1 saturated carbocycles. The van der Waals surface area contributed by atoms with Crippen molar-refractivity contribution in [2.75, 3.05) is 18.4 Å². The first-order valence-corrected chi connectivity index (χ1v) is 6.61. The van der Waals surface area contributed by atoms with Gasteiger partial charge in [-0.3, -0.25) is 4.79 Å². The van der Waals surface area contributed by atoms with Crippen molar-refractivity contribution in [3.05, 3.63) is 23.9 Å². The molecule has 0 radical (unpaired) electrons. The second kappa shape index (κ2) is 5.38. The molecule has 1 fully saturated rings. The minimum absolute atomic E-state index is 0.0290. The molecule has 2 N–H and O–H groups in total. The molecule has 1 aromatic heterocycles. The van der Waals surface area contributed by atoms with Gasteiger partial charge in [-0.1, -0.05) is 13.3 Å². The van der Waals surface area contributed by atoms with Gasteiger partial charge in [0, 0.05) is 19.3 Å². The van der Waals surface area contributed by atoms with Crippen LogP contribution in [-0.2, 0) is 0 Å². The van der Waals surface area contributed by atoms with E-state index >= 15 is 0 Å². The summed E-state index contributed by atoms with van der Waals surface area (Å²) in [7, 11) is 0. The minimum atomic E-state index is -0.0290. The molecule has 0 atom stereocenters. The Morgan fingerprint density at radius 2 is 2.22 bits per heavy atom. The Morgan fingerprint density at radius 3 is 2.72 bits per heavy atom. The average Bonchev–Trinajstić information content (AvgIpc) is 2.35. The molecule has 2 rings (SSSR count). The SMILES string of the molecule is CCNc1ccc(C(=O)NCC2(C)CCC2)cn1. The number of hydrogen-bond acceptors (Lipinski definition) is 3. The number of aromatic nitrogens is 1. The lowest BCUT2D eigenvalue weighted by molar-refractivity contribution is 0.0890. The molecule has 0 unspecified atom stereocenters. The van der Waals surface area contributed by atoms with E-state index < -0.39 is 0 Å². The van der Waals surface area contributed by atoms with Crippen molar-refractivity contribution >= 4 is 11.7 Å². The highest BCUT2D eigenvalue weighted by Gasteiger charge is 2.31. The third-order valence-electron chi connectivity index (χ3n) is 3.62. The topological polar surface area (TPSA) is 54.0 Å². The highest BCUT2D eigenvalue weighted by molar-refractivity contribution is 5.94. The van der Waals surface area contributed by atoms with Crippen molar-refractivity contribution in [2.24, 2.45) is 5.41 Å². The molecule has 1 aromatic rings. The Hall–Kier alpha value is -1.58. The average molecular weight is 247 g/mol. The number of rotatable bonds is 5. The van der Waals surface area contributed by atoms with Gasteiger partial charge in [0.15, 0.2) is 0 Å². The maximum atomic E-state index is 11.9. The second-order valence-electron chi connectivity index (χ2n) is 5.31. The molecule has 1 aliphatic carbocycles. The van der Waals surface area contributed by atoms with Gasteiger partial charge in [0.1, 0.15) is 5.82 Å². The van der Waals surface area contributed by atoms with Gasteiger partial charge >= 0.3 is 0 Å². The van der Waals surface area contributed by atoms with E-state index in [0.29, 0.717) is 11.0 Å². The van der Waals surface area contributed by atoms with Gasteiger partial charge in [0.05, 0.1) is 5.56 Å². The van der Waals surface area contributed by atoms with Crippen LogP contribution < -0.4 is 10.6 Å². The maximum absolute atomic E-state index is 11.9. The first-order valence-electron chi connectivity index (χ1n) is 6.61. The molecule has 0 aliphatic heterocycles. The van der Waals surface area contributed by atoms with E-state index in [2.05, 4.69) is 22.5 Å². The quantitative estimate of drug-likeness (QED) is 0.840. The first kappa shape index (κ1) is 12.9. The van der Waals surface area contributed by atoms with Crippen LogP contribution in [0.3, 0.4) is 0 Å². The summed E-state index contributed by atoms with van der Waals surface area (Å²) in [5.41, 5.74) is 0.937. The highest BCUT2D eigenvalue weighted by Crippen LogP contribution is 2.39. The van der Waals surface area contributed by atoms with Gasteiger partial charge in [0.25, 0.3) is 5.91 Å². The summed E-state index contributed by atoms with van der Waals surface area (Å²) >= 11 is 0. The number of carbonyl (C=O) groups is 1. The summed E-state index contributed by atoms with van der Waals surface area (Å²) in [6.07, 6.45) is 5.33. The molecule has 0 bridgehead atoms. The van der Waals surface area contributed by atoms with Crippen LogP contribution in [0.25, 0.3) is 0 Å². The second-order valence-corrected chi connectivity index (χ2v) is 5.31. The fourth-order valence-corrected chi connectivity index (χ4v) is 2.17. The Kier molecular flexibility index (Phi) is 3.84. The Morgan fingerprint density at radius 1 is 1.44 bits per heavy atom. The number of anilines is 1. The van der Waals surface area contributed by atoms with Crippen molar-refractivity contribution in [1.82, 2.24) is 10.3 Å². The smallest absolute Gasteiger partial charge is 0.252 e. The van der Waals surface area contributed by atoms with Crippen molar-refractivity contribution in [3.8, 4) is 0 Å². The number of pyridine rings is 1. The third kappa shape index (κ3) is 3.00. The molecule has 0 saturated heterocycles. The normalized spacial score (nSPS) is 16.8. The van der Waals surface area contributed by atoms with Gasteiger partial charge in [-0.25, -0.2) is 4.98 Å². The number of nitrogens with one attached hydrogen (secondary N) is 2. The molecule has 1 heterocycles. The predicted octanol–water partition coefficient (Wildman–Crippen LogP) is 2.43. The summed E-state index contributed by atoms with van der Waals surface area (Å²) in [5, 5.41) is 6.10. The Labute approximate surface area is 108 Å². The lowest BCUT2D eigenvalue weighted by Crippen LogP contribution is -2.39. The summed E-state index contributed by atoms with van der Waals surface area (Å²) in [6, 6.07) is 3.65. The maximum Gasteiger partial charge on any atom is 0.252 e. The molecule has 18 heavy (non-hydrogen) atoms. The molecule has 0 aromatic carbocycles. The molecule has 1 amide bonds. The van der Waals surface area contributed by atoms with Crippen LogP contribution in [0.1, 0.15) is 43.5 Å². The lowest BCUT2D eigenvalue weighted by Gasteiger charge is -2.38. The fraction of sp³-hybridized carbons (Fsp3) is 0.571. The fourth-order valence-electron chi connectivity index (χ4n) is 2.17. The molecular formula is C14H21N3O. The zero-order valence-electron chi connectivity index (χ0n) is 11.1. The van der Waals surface area contributed by atoms with Crippen LogP contribution in [0.5, 0.6) is 0 Å². The highest BCUT2D eigenvalue weighted by atomic mass is 16.1. The van der Waals surface area contributed by atoms with Gasteiger partial charge in [0.2, 0.25) is 0 Å². The van der Waals surface area contributed by atoms with Crippen molar-refractivity contribution in [1.29, 1.82) is 0 Å². The van der Waals surface area contributed by atoms with Crippen LogP contribution in [0.2, 0.25) is 0 Å². The first-order chi connectivity index (χ1) is 8.63. The zero-order chi connectivity index (χ0) is 13.0. The van der Waals surface area contributed by atoms with Crippen LogP contribution in [0.15, 0.2) is 18.3 Å². The van der Waals surface area contributed by atoms with E-state index in [4.69, 9.17) is 0 Å². The minimum Gasteiger partial charge on any atom is -0.370 e. The van der Waals surface area contributed by atoms with E-state index in [0.717, 1.165) is 18.9 Å². The zero-order valence-corrected chi connectivity index (χ0v) is 11.1. The van der Waals surface area contributed by atoms with Crippen LogP contribution >= 0.6 is 0 Å². The number of carbonyl (C=O) groups excluding carboxylic acids is 1. The van der Waals surface area contributed by atoms with Crippen molar-refractivity contribution in [3.63, 3.8) is 0 Å². The molecule has 98 valence electrons. The van der Waals surface area contributed by atoms with E-state index in [1.807, 2.05) is 19.1 Å². The monoisotopic (exact) mass is 247 g/mol. The van der Waals surface area contributed by atoms with Gasteiger partial charge in [-0.15, -0.1) is 0 Å². The summed E-state index contributed by atoms with van der Waals surface area (Å²) in [6.45, 7) is 5.84. The predicted molar refractivity (Wildman–Crippen MR) is 72.7 cm³/mol. The summed E-state index contributed by atoms with van der Waals surface area (Å²) < 4.78 is 0. The van der Waals surface area contributed by atoms with Crippen molar-refractivity contribution < 1.29 is 4.79 Å². The summed E-state index contributed by atoms with van der Waals surface area (Å²) in [4.78, 5) is 16.1. The standard InChI is InChI=1S/C14H21N3O/c1-3-15-12-6-5-11(9-16-12)13(18)17-10-14(2)7-4-8-14/h5-6,9H,3-4,7-8,10H2,1-2H3,(H,15,16)(H,17,18). The Bertz CT molecular complexity index is 410.